The van der Waals surface area contributed by atoms with Crippen molar-refractivity contribution in [3.63, 3.8) is 0 Å². The fourth-order valence-electron chi connectivity index (χ4n) is 5.13. The van der Waals surface area contributed by atoms with Gasteiger partial charge in [-0.25, -0.2) is 13.4 Å². The number of benzene rings is 2. The second-order valence-corrected chi connectivity index (χ2v) is 12.1. The molecular formula is C29H27N5O5S. The number of fused-ring (bicyclic) bond motifs is 1. The van der Waals surface area contributed by atoms with Crippen molar-refractivity contribution in [2.24, 2.45) is 0 Å². The summed E-state index contributed by atoms with van der Waals surface area (Å²) in [7, 11) is -3.73. The maximum absolute atomic E-state index is 13.9. The third-order valence-corrected chi connectivity index (χ3v) is 8.92. The van der Waals surface area contributed by atoms with Gasteiger partial charge in [-0.3, -0.25) is 9.78 Å². The Morgan fingerprint density at radius 2 is 1.95 bits per heavy atom. The lowest BCUT2D eigenvalue weighted by Gasteiger charge is -2.21. The summed E-state index contributed by atoms with van der Waals surface area (Å²) in [4.78, 5) is 24.2. The van der Waals surface area contributed by atoms with Crippen LogP contribution in [-0.4, -0.2) is 58.2 Å². The molecule has 10 nitrogen and oxygen atoms in total. The molecule has 4 heterocycles. The van der Waals surface area contributed by atoms with Crippen LogP contribution in [0.4, 0.5) is 5.69 Å². The maximum atomic E-state index is 13.9. The molecule has 0 aliphatic carbocycles. The van der Waals surface area contributed by atoms with Gasteiger partial charge in [0.15, 0.2) is 22.0 Å². The van der Waals surface area contributed by atoms with Crippen LogP contribution in [-0.2, 0) is 9.84 Å². The first-order valence-electron chi connectivity index (χ1n) is 12.9. The number of hydrogen-bond donors (Lipinski definition) is 1. The van der Waals surface area contributed by atoms with Gasteiger partial charge >= 0.3 is 0 Å². The molecule has 0 spiro atoms. The van der Waals surface area contributed by atoms with Crippen LogP contribution in [0, 0.1) is 6.92 Å². The number of sulfone groups is 1. The van der Waals surface area contributed by atoms with Gasteiger partial charge in [0.1, 0.15) is 11.2 Å². The summed E-state index contributed by atoms with van der Waals surface area (Å²) in [5, 5.41) is 15.4. The van der Waals surface area contributed by atoms with Crippen LogP contribution in [0.2, 0.25) is 0 Å². The number of aryl methyl sites for hydroxylation is 1. The summed E-state index contributed by atoms with van der Waals surface area (Å²) in [5.74, 6) is 0.436. The van der Waals surface area contributed by atoms with Crippen molar-refractivity contribution < 1.29 is 17.9 Å². The highest BCUT2D eigenvalue weighted by atomic mass is 32.2. The van der Waals surface area contributed by atoms with Crippen LogP contribution in [0.1, 0.15) is 18.9 Å². The first-order chi connectivity index (χ1) is 19.2. The molecule has 11 heteroatoms. The Balaban J connectivity index is 1.64. The predicted octanol–water partition coefficient (Wildman–Crippen LogP) is 3.78. The van der Waals surface area contributed by atoms with Crippen LogP contribution in [0.25, 0.3) is 39.2 Å². The van der Waals surface area contributed by atoms with E-state index in [2.05, 4.69) is 9.97 Å². The van der Waals surface area contributed by atoms with Crippen molar-refractivity contribution in [3.05, 3.63) is 83.2 Å². The highest BCUT2D eigenvalue weighted by Gasteiger charge is 2.26. The minimum atomic E-state index is -3.73. The van der Waals surface area contributed by atoms with Crippen molar-refractivity contribution in [1.82, 2.24) is 19.7 Å². The molecule has 1 fully saturated rings. The molecule has 1 unspecified atom stereocenters. The summed E-state index contributed by atoms with van der Waals surface area (Å²) in [5.41, 5.74) is 3.36. The highest BCUT2D eigenvalue weighted by molar-refractivity contribution is 7.91. The maximum Gasteiger partial charge on any atom is 0.298 e. The molecule has 40 heavy (non-hydrogen) atoms. The molecule has 204 valence electrons. The third kappa shape index (κ3) is 4.56. The second kappa shape index (κ2) is 10.00. The van der Waals surface area contributed by atoms with Crippen LogP contribution >= 0.6 is 0 Å². The number of oxazole rings is 1. The number of anilines is 1. The van der Waals surface area contributed by atoms with E-state index >= 15 is 0 Å². The summed E-state index contributed by atoms with van der Waals surface area (Å²) in [6, 6.07) is 14.2. The number of aliphatic hydroxyl groups excluding tert-OH is 1. The molecule has 1 aliphatic heterocycles. The van der Waals surface area contributed by atoms with E-state index in [0.29, 0.717) is 47.6 Å². The Labute approximate surface area is 230 Å². The largest absolute Gasteiger partial charge is 0.444 e. The predicted molar refractivity (Wildman–Crippen MR) is 151 cm³/mol. The van der Waals surface area contributed by atoms with E-state index < -0.39 is 21.5 Å². The summed E-state index contributed by atoms with van der Waals surface area (Å²) < 4.78 is 33.1. The van der Waals surface area contributed by atoms with Gasteiger partial charge in [0.05, 0.1) is 28.6 Å². The summed E-state index contributed by atoms with van der Waals surface area (Å²) in [6.45, 7) is 4.53. The van der Waals surface area contributed by atoms with Gasteiger partial charge in [0, 0.05) is 41.5 Å². The average molecular weight is 558 g/mol. The van der Waals surface area contributed by atoms with Crippen molar-refractivity contribution in [2.45, 2.75) is 31.3 Å². The fourth-order valence-corrected chi connectivity index (χ4v) is 6.18. The lowest BCUT2D eigenvalue weighted by atomic mass is 10.0. The Morgan fingerprint density at radius 3 is 2.67 bits per heavy atom. The molecule has 1 aliphatic rings. The lowest BCUT2D eigenvalue weighted by molar-refractivity contribution is 0.198. The molecule has 3 aromatic heterocycles. The first-order valence-corrected chi connectivity index (χ1v) is 14.6. The van der Waals surface area contributed by atoms with Gasteiger partial charge in [-0.15, -0.1) is 0 Å². The van der Waals surface area contributed by atoms with Gasteiger partial charge < -0.3 is 14.4 Å². The Hall–Kier alpha value is -4.35. The number of nitrogens with zero attached hydrogens (tertiary/aromatic N) is 5. The van der Waals surface area contributed by atoms with Crippen molar-refractivity contribution >= 4 is 26.4 Å². The molecule has 0 saturated carbocycles. The van der Waals surface area contributed by atoms with Crippen LogP contribution in [0.3, 0.4) is 0 Å². The lowest BCUT2D eigenvalue weighted by Crippen LogP contribution is -2.26. The molecule has 1 atom stereocenters. The van der Waals surface area contributed by atoms with E-state index in [4.69, 9.17) is 9.52 Å². The smallest absolute Gasteiger partial charge is 0.298 e. The zero-order valence-electron chi connectivity index (χ0n) is 22.0. The standard InChI is InChI=1S/C29H27N5O5S/c1-3-40(37,38)26-7-6-21(33-10-8-22(35)16-33)14-24(26)34-29(36)28-23(5-4-9-31-28)27(32-34)20-12-18(2)11-19(13-20)25-15-30-17-39-25/h4-7,9,11-15,17,22,35H,3,8,10,16H2,1-2H3. The Bertz CT molecular complexity index is 1900. The van der Waals surface area contributed by atoms with Gasteiger partial charge in [0.2, 0.25) is 0 Å². The van der Waals surface area contributed by atoms with Crippen molar-refractivity contribution in [1.29, 1.82) is 0 Å². The Kier molecular flexibility index (Phi) is 6.47. The van der Waals surface area contributed by atoms with Crippen molar-refractivity contribution in [3.8, 4) is 28.3 Å². The van der Waals surface area contributed by atoms with E-state index in [9.17, 15) is 18.3 Å². The third-order valence-electron chi connectivity index (χ3n) is 7.14. The number of aliphatic hydroxyl groups is 1. The van der Waals surface area contributed by atoms with Crippen LogP contribution in [0.5, 0.6) is 0 Å². The molecule has 0 radical (unpaired) electrons. The Morgan fingerprint density at radius 1 is 1.12 bits per heavy atom. The van der Waals surface area contributed by atoms with E-state index in [1.54, 1.807) is 37.4 Å². The van der Waals surface area contributed by atoms with E-state index in [1.807, 2.05) is 30.0 Å². The van der Waals surface area contributed by atoms with Gasteiger partial charge in [-0.05, 0) is 67.4 Å². The van der Waals surface area contributed by atoms with E-state index in [1.165, 1.54) is 18.7 Å². The minimum absolute atomic E-state index is 0.000850. The number of rotatable bonds is 6. The SMILES string of the molecule is CCS(=O)(=O)c1ccc(N2CCC(O)C2)cc1-n1nc(-c2cc(C)cc(-c3cnco3)c2)c2cccnc2c1=O. The molecule has 1 saturated heterocycles. The molecule has 6 rings (SSSR count). The second-order valence-electron chi connectivity index (χ2n) is 9.86. The molecule has 2 aromatic carbocycles. The number of aromatic nitrogens is 4. The van der Waals surface area contributed by atoms with E-state index in [-0.39, 0.29) is 21.9 Å². The minimum Gasteiger partial charge on any atom is -0.444 e. The van der Waals surface area contributed by atoms with E-state index in [0.717, 1.165) is 15.8 Å². The highest BCUT2D eigenvalue weighted by Crippen LogP contribution is 2.32. The molecule has 1 N–H and O–H groups in total. The average Bonchev–Trinajstić information content (AvgIpc) is 3.65. The summed E-state index contributed by atoms with van der Waals surface area (Å²) in [6.07, 6.45) is 4.64. The van der Waals surface area contributed by atoms with Gasteiger partial charge in [-0.2, -0.15) is 9.78 Å². The zero-order chi connectivity index (χ0) is 28.0. The van der Waals surface area contributed by atoms with Gasteiger partial charge in [-0.1, -0.05) is 6.92 Å². The fraction of sp³-hybridized carbons (Fsp3) is 0.241. The van der Waals surface area contributed by atoms with Crippen molar-refractivity contribution in [2.75, 3.05) is 23.7 Å². The molecule has 0 bridgehead atoms. The van der Waals surface area contributed by atoms with Crippen LogP contribution < -0.4 is 10.5 Å². The molecular weight excluding hydrogens is 530 g/mol. The topological polar surface area (TPSA) is 131 Å². The number of pyridine rings is 1. The van der Waals surface area contributed by atoms with Gasteiger partial charge in [0.25, 0.3) is 5.56 Å². The molecule has 5 aromatic rings. The monoisotopic (exact) mass is 557 g/mol. The number of β-amino-alcohol motifs (C(OH)–C–C–N with tert-alkyl or cyclic N) is 1. The number of hydrogen-bond acceptors (Lipinski definition) is 9. The molecule has 0 amide bonds. The van der Waals surface area contributed by atoms with Crippen LogP contribution in [0.15, 0.2) is 81.4 Å². The zero-order valence-corrected chi connectivity index (χ0v) is 22.8. The normalized spacial score (nSPS) is 15.7. The quantitative estimate of drug-likeness (QED) is 0.331. The first kappa shape index (κ1) is 25.9. The summed E-state index contributed by atoms with van der Waals surface area (Å²) >= 11 is 0.